The summed E-state index contributed by atoms with van der Waals surface area (Å²) in [7, 11) is 0. The van der Waals surface area contributed by atoms with Crippen LogP contribution >= 0.6 is 39.1 Å². The maximum Gasteiger partial charge on any atom is 0.151 e. The van der Waals surface area contributed by atoms with Gasteiger partial charge in [0.1, 0.15) is 11.3 Å². The normalized spacial score (nSPS) is 11.2. The quantitative estimate of drug-likeness (QED) is 0.553. The van der Waals surface area contributed by atoms with Crippen LogP contribution in [0.5, 0.6) is 0 Å². The van der Waals surface area contributed by atoms with Crippen LogP contribution in [0.25, 0.3) is 16.7 Å². The molecule has 2 aromatic carbocycles. The topological polar surface area (TPSA) is 17.8 Å². The Hall–Kier alpha value is -1.10. The van der Waals surface area contributed by atoms with E-state index in [2.05, 4.69) is 20.9 Å². The molecule has 0 fully saturated rings. The molecular formula is C15H10BrCl2FN2. The number of hydrogen-bond donors (Lipinski definition) is 0. The molecule has 0 aliphatic carbocycles. The van der Waals surface area contributed by atoms with Gasteiger partial charge in [-0.3, -0.25) is 4.57 Å². The standard InChI is InChI=1S/C15H10BrCl2FN2/c16-10-5-4-9(8-11(10)18)21-13-3-1-2-12(19)15(13)20-14(21)6-7-17/h1-5,8H,6-7H2. The minimum Gasteiger partial charge on any atom is -0.296 e. The second-order valence-corrected chi connectivity index (χ2v) is 6.15. The number of aromatic nitrogens is 2. The van der Waals surface area contributed by atoms with Crippen molar-refractivity contribution in [1.29, 1.82) is 0 Å². The number of aryl methyl sites for hydroxylation is 1. The number of fused-ring (bicyclic) bond motifs is 1. The van der Waals surface area contributed by atoms with Crippen LogP contribution in [0.15, 0.2) is 40.9 Å². The molecule has 0 saturated carbocycles. The Kier molecular flexibility index (Phi) is 4.20. The van der Waals surface area contributed by atoms with Gasteiger partial charge in [0, 0.05) is 22.5 Å². The van der Waals surface area contributed by atoms with Crippen molar-refractivity contribution in [3.05, 3.63) is 57.5 Å². The van der Waals surface area contributed by atoms with E-state index in [-0.39, 0.29) is 5.82 Å². The monoisotopic (exact) mass is 386 g/mol. The highest BCUT2D eigenvalue weighted by Gasteiger charge is 2.15. The number of hydrogen-bond acceptors (Lipinski definition) is 1. The maximum absolute atomic E-state index is 13.9. The van der Waals surface area contributed by atoms with E-state index >= 15 is 0 Å². The molecule has 21 heavy (non-hydrogen) atoms. The molecule has 108 valence electrons. The Labute approximate surface area is 139 Å². The van der Waals surface area contributed by atoms with E-state index in [1.165, 1.54) is 6.07 Å². The van der Waals surface area contributed by atoms with Gasteiger partial charge in [0.2, 0.25) is 0 Å². The highest BCUT2D eigenvalue weighted by Crippen LogP contribution is 2.29. The first-order valence-corrected chi connectivity index (χ1v) is 7.99. The van der Waals surface area contributed by atoms with E-state index < -0.39 is 0 Å². The van der Waals surface area contributed by atoms with E-state index in [0.717, 1.165) is 10.2 Å². The predicted molar refractivity (Wildman–Crippen MR) is 88.2 cm³/mol. The van der Waals surface area contributed by atoms with Gasteiger partial charge in [0.25, 0.3) is 0 Å². The fraction of sp³-hybridized carbons (Fsp3) is 0.133. The minimum absolute atomic E-state index is 0.342. The van der Waals surface area contributed by atoms with Crippen molar-refractivity contribution in [2.24, 2.45) is 0 Å². The molecule has 0 aliphatic heterocycles. The fourth-order valence-electron chi connectivity index (χ4n) is 2.28. The van der Waals surface area contributed by atoms with E-state index in [4.69, 9.17) is 23.2 Å². The lowest BCUT2D eigenvalue weighted by atomic mass is 10.2. The summed E-state index contributed by atoms with van der Waals surface area (Å²) in [4.78, 5) is 4.38. The zero-order chi connectivity index (χ0) is 15.0. The molecule has 0 atom stereocenters. The van der Waals surface area contributed by atoms with Crippen molar-refractivity contribution in [3.63, 3.8) is 0 Å². The summed E-state index contributed by atoms with van der Waals surface area (Å²) in [5.41, 5.74) is 1.88. The molecule has 0 spiro atoms. The average Bonchev–Trinajstić information content (AvgIpc) is 2.82. The first-order valence-electron chi connectivity index (χ1n) is 6.29. The lowest BCUT2D eigenvalue weighted by molar-refractivity contribution is 0.637. The molecule has 0 amide bonds. The molecule has 0 radical (unpaired) electrons. The van der Waals surface area contributed by atoms with Gasteiger partial charge in [-0.05, 0) is 46.3 Å². The number of para-hydroxylation sites is 1. The number of imidazole rings is 1. The van der Waals surface area contributed by atoms with Crippen molar-refractivity contribution in [3.8, 4) is 5.69 Å². The first kappa shape index (κ1) is 14.8. The van der Waals surface area contributed by atoms with Crippen molar-refractivity contribution < 1.29 is 4.39 Å². The van der Waals surface area contributed by atoms with Crippen LogP contribution in [0.3, 0.4) is 0 Å². The van der Waals surface area contributed by atoms with Gasteiger partial charge in [-0.2, -0.15) is 0 Å². The molecule has 3 aromatic rings. The third kappa shape index (κ3) is 2.68. The van der Waals surface area contributed by atoms with Crippen LogP contribution in [0.4, 0.5) is 4.39 Å². The average molecular weight is 388 g/mol. The van der Waals surface area contributed by atoms with Gasteiger partial charge in [0.05, 0.1) is 10.5 Å². The molecule has 0 unspecified atom stereocenters. The molecule has 0 N–H and O–H groups in total. The fourth-order valence-corrected chi connectivity index (χ4v) is 2.87. The van der Waals surface area contributed by atoms with Gasteiger partial charge in [-0.1, -0.05) is 17.7 Å². The number of nitrogens with zero attached hydrogens (tertiary/aromatic N) is 2. The number of rotatable bonds is 3. The lowest BCUT2D eigenvalue weighted by Gasteiger charge is -2.09. The molecule has 1 heterocycles. The first-order chi connectivity index (χ1) is 10.1. The van der Waals surface area contributed by atoms with Crippen LogP contribution in [0, 0.1) is 5.82 Å². The molecule has 1 aromatic heterocycles. The smallest absolute Gasteiger partial charge is 0.151 e. The Morgan fingerprint density at radius 1 is 1.24 bits per heavy atom. The SMILES string of the molecule is Fc1cccc2c1nc(CCCl)n2-c1ccc(Br)c(Cl)c1. The number of halogens is 4. The van der Waals surface area contributed by atoms with Gasteiger partial charge in [0.15, 0.2) is 5.82 Å². The predicted octanol–water partition coefficient (Wildman–Crippen LogP) is 5.36. The van der Waals surface area contributed by atoms with Gasteiger partial charge in [-0.25, -0.2) is 9.37 Å². The number of benzene rings is 2. The summed E-state index contributed by atoms with van der Waals surface area (Å²) < 4.78 is 16.6. The Balaban J connectivity index is 2.30. The number of alkyl halides is 1. The maximum atomic E-state index is 13.9. The minimum atomic E-state index is -0.342. The third-order valence-corrected chi connectivity index (χ3v) is 4.61. The van der Waals surface area contributed by atoms with E-state index in [0.29, 0.717) is 34.2 Å². The summed E-state index contributed by atoms with van der Waals surface area (Å²) in [6.07, 6.45) is 0.545. The summed E-state index contributed by atoms with van der Waals surface area (Å²) in [5.74, 6) is 0.781. The van der Waals surface area contributed by atoms with Crippen molar-refractivity contribution in [2.45, 2.75) is 6.42 Å². The summed E-state index contributed by atoms with van der Waals surface area (Å²) in [5, 5.41) is 0.586. The second kappa shape index (κ2) is 5.95. The van der Waals surface area contributed by atoms with Gasteiger partial charge >= 0.3 is 0 Å². The zero-order valence-corrected chi connectivity index (χ0v) is 13.9. The van der Waals surface area contributed by atoms with Crippen molar-refractivity contribution >= 4 is 50.2 Å². The Morgan fingerprint density at radius 2 is 2.05 bits per heavy atom. The summed E-state index contributed by atoms with van der Waals surface area (Å²) in [6.45, 7) is 0. The van der Waals surface area contributed by atoms with Crippen LogP contribution in [0.2, 0.25) is 5.02 Å². The van der Waals surface area contributed by atoms with Crippen LogP contribution < -0.4 is 0 Å². The van der Waals surface area contributed by atoms with Crippen molar-refractivity contribution in [1.82, 2.24) is 9.55 Å². The summed E-state index contributed by atoms with van der Waals surface area (Å²) >= 11 is 15.4. The molecule has 3 rings (SSSR count). The van der Waals surface area contributed by atoms with Crippen LogP contribution in [-0.2, 0) is 6.42 Å². The molecule has 0 bridgehead atoms. The molecule has 2 nitrogen and oxygen atoms in total. The van der Waals surface area contributed by atoms with Gasteiger partial charge < -0.3 is 0 Å². The Bertz CT molecular complexity index is 817. The molecular weight excluding hydrogens is 378 g/mol. The molecule has 0 aliphatic rings. The van der Waals surface area contributed by atoms with E-state index in [9.17, 15) is 4.39 Å². The van der Waals surface area contributed by atoms with Crippen LogP contribution in [0.1, 0.15) is 5.82 Å². The van der Waals surface area contributed by atoms with Crippen molar-refractivity contribution in [2.75, 3.05) is 5.88 Å². The lowest BCUT2D eigenvalue weighted by Crippen LogP contribution is -2.02. The highest BCUT2D eigenvalue weighted by atomic mass is 79.9. The van der Waals surface area contributed by atoms with Crippen LogP contribution in [-0.4, -0.2) is 15.4 Å². The van der Waals surface area contributed by atoms with E-state index in [1.54, 1.807) is 6.07 Å². The molecule has 6 heteroatoms. The van der Waals surface area contributed by atoms with E-state index in [1.807, 2.05) is 28.8 Å². The summed E-state index contributed by atoms with van der Waals surface area (Å²) in [6, 6.07) is 10.5. The second-order valence-electron chi connectivity index (χ2n) is 4.51. The largest absolute Gasteiger partial charge is 0.296 e. The highest BCUT2D eigenvalue weighted by molar-refractivity contribution is 9.10. The zero-order valence-electron chi connectivity index (χ0n) is 10.8. The van der Waals surface area contributed by atoms with Gasteiger partial charge in [-0.15, -0.1) is 11.6 Å². The molecule has 0 saturated heterocycles. The third-order valence-electron chi connectivity index (χ3n) is 3.18. The Morgan fingerprint density at radius 3 is 2.76 bits per heavy atom.